The Labute approximate surface area is 128 Å². The molecule has 1 N–H and O–H groups in total. The number of rotatable bonds is 5. The lowest BCUT2D eigenvalue weighted by molar-refractivity contribution is -0.128. The molecular weight excluding hydrogens is 316 g/mol. The SMILES string of the molecule is CCN(CC)C(=O)CNc1ccc(Br)c2ccccc12. The van der Waals surface area contributed by atoms with E-state index in [9.17, 15) is 4.79 Å². The highest BCUT2D eigenvalue weighted by Gasteiger charge is 2.10. The summed E-state index contributed by atoms with van der Waals surface area (Å²) in [5.41, 5.74) is 0.990. The van der Waals surface area contributed by atoms with Crippen molar-refractivity contribution in [2.24, 2.45) is 0 Å². The van der Waals surface area contributed by atoms with Crippen LogP contribution < -0.4 is 5.32 Å². The number of amides is 1. The smallest absolute Gasteiger partial charge is 0.241 e. The number of carbonyl (C=O) groups is 1. The monoisotopic (exact) mass is 334 g/mol. The van der Waals surface area contributed by atoms with Gasteiger partial charge >= 0.3 is 0 Å². The molecule has 20 heavy (non-hydrogen) atoms. The van der Waals surface area contributed by atoms with Gasteiger partial charge in [-0.25, -0.2) is 0 Å². The van der Waals surface area contributed by atoms with Gasteiger partial charge in [0, 0.05) is 28.6 Å². The Hall–Kier alpha value is -1.55. The summed E-state index contributed by atoms with van der Waals surface area (Å²) in [6, 6.07) is 12.2. The van der Waals surface area contributed by atoms with Crippen LogP contribution in [0.25, 0.3) is 10.8 Å². The summed E-state index contributed by atoms with van der Waals surface area (Å²) >= 11 is 3.55. The zero-order valence-corrected chi connectivity index (χ0v) is 13.4. The molecular formula is C16H19BrN2O. The van der Waals surface area contributed by atoms with Gasteiger partial charge in [0.2, 0.25) is 5.91 Å². The molecule has 3 nitrogen and oxygen atoms in total. The molecule has 0 heterocycles. The molecule has 0 aliphatic rings. The maximum absolute atomic E-state index is 12.0. The van der Waals surface area contributed by atoms with E-state index in [1.807, 2.05) is 43.0 Å². The number of halogens is 1. The summed E-state index contributed by atoms with van der Waals surface area (Å²) in [6.07, 6.45) is 0. The molecule has 2 aromatic rings. The molecule has 0 saturated carbocycles. The van der Waals surface area contributed by atoms with Crippen LogP contribution in [0.3, 0.4) is 0 Å². The highest BCUT2D eigenvalue weighted by atomic mass is 79.9. The Balaban J connectivity index is 2.19. The van der Waals surface area contributed by atoms with Crippen LogP contribution in [-0.2, 0) is 4.79 Å². The third kappa shape index (κ3) is 3.12. The average Bonchev–Trinajstić information content (AvgIpc) is 2.48. The van der Waals surface area contributed by atoms with Gasteiger partial charge in [-0.2, -0.15) is 0 Å². The van der Waals surface area contributed by atoms with Gasteiger partial charge in [-0.15, -0.1) is 0 Å². The predicted molar refractivity (Wildman–Crippen MR) is 88.1 cm³/mol. The number of nitrogens with zero attached hydrogens (tertiary/aromatic N) is 1. The van der Waals surface area contributed by atoms with Crippen molar-refractivity contribution >= 4 is 38.3 Å². The van der Waals surface area contributed by atoms with E-state index in [0.29, 0.717) is 6.54 Å². The molecule has 0 unspecified atom stereocenters. The molecule has 0 atom stereocenters. The minimum Gasteiger partial charge on any atom is -0.376 e. The summed E-state index contributed by atoms with van der Waals surface area (Å²) < 4.78 is 1.06. The van der Waals surface area contributed by atoms with Gasteiger partial charge < -0.3 is 10.2 Å². The van der Waals surface area contributed by atoms with Gasteiger partial charge in [-0.05, 0) is 31.4 Å². The largest absolute Gasteiger partial charge is 0.376 e. The second kappa shape index (κ2) is 6.75. The highest BCUT2D eigenvalue weighted by Crippen LogP contribution is 2.29. The second-order valence-corrected chi connectivity index (χ2v) is 5.41. The summed E-state index contributed by atoms with van der Waals surface area (Å²) in [5.74, 6) is 0.127. The number of benzene rings is 2. The van der Waals surface area contributed by atoms with E-state index in [1.165, 1.54) is 0 Å². The number of hydrogen-bond donors (Lipinski definition) is 1. The van der Waals surface area contributed by atoms with E-state index in [4.69, 9.17) is 0 Å². The molecule has 0 saturated heterocycles. The van der Waals surface area contributed by atoms with Crippen molar-refractivity contribution < 1.29 is 4.79 Å². The van der Waals surface area contributed by atoms with E-state index in [2.05, 4.69) is 33.4 Å². The van der Waals surface area contributed by atoms with Crippen LogP contribution in [0.5, 0.6) is 0 Å². The first-order chi connectivity index (χ1) is 9.67. The maximum Gasteiger partial charge on any atom is 0.241 e. The number of hydrogen-bond acceptors (Lipinski definition) is 2. The Kier molecular flexibility index (Phi) is 5.01. The Bertz CT molecular complexity index is 608. The Morgan fingerprint density at radius 3 is 2.40 bits per heavy atom. The van der Waals surface area contributed by atoms with Gasteiger partial charge in [0.25, 0.3) is 0 Å². The normalized spacial score (nSPS) is 10.6. The Morgan fingerprint density at radius 2 is 1.75 bits per heavy atom. The van der Waals surface area contributed by atoms with Crippen molar-refractivity contribution in [3.8, 4) is 0 Å². The third-order valence-electron chi connectivity index (χ3n) is 3.42. The molecule has 0 radical (unpaired) electrons. The summed E-state index contributed by atoms with van der Waals surface area (Å²) in [5, 5.41) is 5.52. The van der Waals surface area contributed by atoms with Crippen molar-refractivity contribution in [2.75, 3.05) is 25.0 Å². The zero-order valence-electron chi connectivity index (χ0n) is 11.8. The topological polar surface area (TPSA) is 32.3 Å². The maximum atomic E-state index is 12.0. The van der Waals surface area contributed by atoms with E-state index in [1.54, 1.807) is 0 Å². The molecule has 4 heteroatoms. The first kappa shape index (κ1) is 14.9. The quantitative estimate of drug-likeness (QED) is 0.899. The van der Waals surface area contributed by atoms with Crippen molar-refractivity contribution in [1.29, 1.82) is 0 Å². The van der Waals surface area contributed by atoms with Crippen molar-refractivity contribution in [1.82, 2.24) is 4.90 Å². The molecule has 0 aliphatic carbocycles. The summed E-state index contributed by atoms with van der Waals surface area (Å²) in [6.45, 7) is 5.82. The first-order valence-corrected chi connectivity index (χ1v) is 7.65. The van der Waals surface area contributed by atoms with E-state index in [-0.39, 0.29) is 5.91 Å². The van der Waals surface area contributed by atoms with Crippen molar-refractivity contribution in [2.45, 2.75) is 13.8 Å². The van der Waals surface area contributed by atoms with Crippen LogP contribution in [0, 0.1) is 0 Å². The standard InChI is InChI=1S/C16H19BrN2O/c1-3-19(4-2)16(20)11-18-15-10-9-14(17)12-7-5-6-8-13(12)15/h5-10,18H,3-4,11H2,1-2H3. The van der Waals surface area contributed by atoms with Crippen LogP contribution in [-0.4, -0.2) is 30.4 Å². The number of anilines is 1. The molecule has 1 amide bonds. The third-order valence-corrected chi connectivity index (χ3v) is 4.11. The molecule has 0 bridgehead atoms. The average molecular weight is 335 g/mol. The number of likely N-dealkylation sites (N-methyl/N-ethyl adjacent to an activating group) is 1. The van der Waals surface area contributed by atoms with E-state index in [0.717, 1.165) is 34.0 Å². The lowest BCUT2D eigenvalue weighted by Gasteiger charge is -2.19. The minimum absolute atomic E-state index is 0.127. The zero-order chi connectivity index (χ0) is 14.5. The highest BCUT2D eigenvalue weighted by molar-refractivity contribution is 9.10. The number of nitrogens with one attached hydrogen (secondary N) is 1. The fourth-order valence-electron chi connectivity index (χ4n) is 2.28. The van der Waals surface area contributed by atoms with Crippen molar-refractivity contribution in [3.05, 3.63) is 40.9 Å². The summed E-state index contributed by atoms with van der Waals surface area (Å²) in [4.78, 5) is 13.9. The van der Waals surface area contributed by atoms with E-state index < -0.39 is 0 Å². The predicted octanol–water partition coefficient (Wildman–Crippen LogP) is 3.88. The first-order valence-electron chi connectivity index (χ1n) is 6.86. The fraction of sp³-hybridized carbons (Fsp3) is 0.312. The number of carbonyl (C=O) groups excluding carboxylic acids is 1. The van der Waals surface area contributed by atoms with Crippen LogP contribution in [0.15, 0.2) is 40.9 Å². The lowest BCUT2D eigenvalue weighted by atomic mass is 10.1. The Morgan fingerprint density at radius 1 is 1.10 bits per heavy atom. The van der Waals surface area contributed by atoms with Gasteiger partial charge in [0.15, 0.2) is 0 Å². The van der Waals surface area contributed by atoms with Crippen molar-refractivity contribution in [3.63, 3.8) is 0 Å². The molecule has 0 fully saturated rings. The van der Waals surface area contributed by atoms with Crippen LogP contribution in [0.1, 0.15) is 13.8 Å². The van der Waals surface area contributed by atoms with Gasteiger partial charge in [-0.1, -0.05) is 40.2 Å². The fourth-order valence-corrected chi connectivity index (χ4v) is 2.75. The molecule has 2 aromatic carbocycles. The molecule has 2 rings (SSSR count). The second-order valence-electron chi connectivity index (χ2n) is 4.56. The van der Waals surface area contributed by atoms with Crippen LogP contribution in [0.4, 0.5) is 5.69 Å². The molecule has 0 aliphatic heterocycles. The van der Waals surface area contributed by atoms with Gasteiger partial charge in [0.05, 0.1) is 6.54 Å². The van der Waals surface area contributed by atoms with Gasteiger partial charge in [0.1, 0.15) is 0 Å². The summed E-state index contributed by atoms with van der Waals surface area (Å²) in [7, 11) is 0. The van der Waals surface area contributed by atoms with Crippen LogP contribution in [0.2, 0.25) is 0 Å². The minimum atomic E-state index is 0.127. The van der Waals surface area contributed by atoms with E-state index >= 15 is 0 Å². The van der Waals surface area contributed by atoms with Gasteiger partial charge in [-0.3, -0.25) is 4.79 Å². The number of fused-ring (bicyclic) bond motifs is 1. The molecule has 0 aromatic heterocycles. The lowest BCUT2D eigenvalue weighted by Crippen LogP contribution is -2.35. The molecule has 106 valence electrons. The molecule has 0 spiro atoms. The van der Waals surface area contributed by atoms with Crippen LogP contribution >= 0.6 is 15.9 Å².